The number of ether oxygens (including phenoxy) is 1. The second-order valence-electron chi connectivity index (χ2n) is 7.71. The number of likely N-dealkylation sites (tertiary alicyclic amines) is 1. The molecule has 2 saturated heterocycles. The van der Waals surface area contributed by atoms with Gasteiger partial charge < -0.3 is 18.9 Å². The molecular weight excluding hydrogens is 321 g/mol. The van der Waals surface area contributed by atoms with Crippen LogP contribution in [0, 0.1) is 0 Å². The quantitative estimate of drug-likeness (QED) is 0.764. The van der Waals surface area contributed by atoms with Gasteiger partial charge in [0.2, 0.25) is 5.91 Å². The van der Waals surface area contributed by atoms with Gasteiger partial charge in [-0.05, 0) is 27.7 Å². The van der Waals surface area contributed by atoms with Crippen molar-refractivity contribution in [3.8, 4) is 6.01 Å². The largest absolute Gasteiger partial charge is 0.498 e. The Morgan fingerprint density at radius 2 is 1.68 bits per heavy atom. The number of hydrogen-bond donors (Lipinski definition) is 0. The molecule has 1 amide bonds. The van der Waals surface area contributed by atoms with Crippen LogP contribution in [0.2, 0.25) is 0 Å². The van der Waals surface area contributed by atoms with Crippen LogP contribution in [0.4, 0.5) is 0 Å². The molecule has 0 radical (unpaired) electrons. The average molecular weight is 347 g/mol. The van der Waals surface area contributed by atoms with Gasteiger partial charge in [0.1, 0.15) is 6.10 Å². The van der Waals surface area contributed by atoms with Crippen molar-refractivity contribution in [3.05, 3.63) is 12.4 Å². The Morgan fingerprint density at radius 3 is 2.16 bits per heavy atom. The van der Waals surface area contributed by atoms with E-state index in [0.29, 0.717) is 19.1 Å². The summed E-state index contributed by atoms with van der Waals surface area (Å²) in [6.45, 7) is 11.1. The minimum Gasteiger partial charge on any atom is -0.460 e. The Balaban J connectivity index is 1.58. The molecule has 0 aromatic carbocycles. The molecule has 136 valence electrons. The lowest BCUT2D eigenvalue weighted by Crippen LogP contribution is -2.41. The molecule has 1 aromatic rings. The molecule has 2 aliphatic heterocycles. The molecule has 0 N–H and O–H groups in total. The summed E-state index contributed by atoms with van der Waals surface area (Å²) >= 11 is 0. The number of nitrogens with zero attached hydrogens (tertiary/aromatic N) is 3. The van der Waals surface area contributed by atoms with Crippen molar-refractivity contribution < 1.29 is 18.8 Å². The molecule has 0 saturated carbocycles. The van der Waals surface area contributed by atoms with E-state index in [1.807, 2.05) is 32.6 Å². The summed E-state index contributed by atoms with van der Waals surface area (Å²) < 4.78 is 17.8. The van der Waals surface area contributed by atoms with Crippen molar-refractivity contribution >= 4 is 18.5 Å². The van der Waals surface area contributed by atoms with Gasteiger partial charge in [0.05, 0.1) is 11.2 Å². The van der Waals surface area contributed by atoms with Crippen molar-refractivity contribution in [1.29, 1.82) is 0 Å². The summed E-state index contributed by atoms with van der Waals surface area (Å²) in [7, 11) is -0.474. The Hall–Kier alpha value is -1.67. The molecular formula is C17H26BN3O4. The maximum atomic E-state index is 11.4. The van der Waals surface area contributed by atoms with Gasteiger partial charge in [-0.3, -0.25) is 4.79 Å². The molecule has 8 heteroatoms. The third-order valence-electron chi connectivity index (χ3n) is 5.33. The average Bonchev–Trinajstić information content (AvgIpc) is 2.76. The second kappa shape index (κ2) is 6.57. The summed E-state index contributed by atoms with van der Waals surface area (Å²) in [4.78, 5) is 21.8. The van der Waals surface area contributed by atoms with Crippen molar-refractivity contribution in [2.24, 2.45) is 0 Å². The van der Waals surface area contributed by atoms with E-state index in [0.717, 1.165) is 18.3 Å². The van der Waals surface area contributed by atoms with Crippen molar-refractivity contribution in [2.45, 2.75) is 64.8 Å². The monoisotopic (exact) mass is 347 g/mol. The first kappa shape index (κ1) is 18.1. The van der Waals surface area contributed by atoms with Gasteiger partial charge in [0, 0.05) is 50.7 Å². The van der Waals surface area contributed by atoms with E-state index >= 15 is 0 Å². The van der Waals surface area contributed by atoms with E-state index in [1.54, 1.807) is 19.3 Å². The van der Waals surface area contributed by atoms with E-state index in [-0.39, 0.29) is 12.0 Å². The van der Waals surface area contributed by atoms with Gasteiger partial charge in [0.25, 0.3) is 0 Å². The zero-order valence-electron chi connectivity index (χ0n) is 15.6. The number of hydrogen-bond acceptors (Lipinski definition) is 6. The number of amides is 1. The smallest absolute Gasteiger partial charge is 0.460 e. The summed E-state index contributed by atoms with van der Waals surface area (Å²) in [5.41, 5.74) is -0.00733. The van der Waals surface area contributed by atoms with Crippen LogP contribution in [0.15, 0.2) is 12.4 Å². The molecule has 0 bridgehead atoms. The first-order chi connectivity index (χ1) is 11.7. The molecule has 0 unspecified atom stereocenters. The summed E-state index contributed by atoms with van der Waals surface area (Å²) in [6, 6.07) is 0.349. The minimum atomic E-state index is -0.474. The lowest BCUT2D eigenvalue weighted by Gasteiger charge is -2.32. The standard InChI is InChI=1S/C17H26BN3O4/c1-12(22)21-8-6-14(7-9-21)23-15-19-10-13(11-20-15)18-24-16(2,3)17(4,5)25-18/h10-11,14H,6-9H2,1-5H3. The highest BCUT2D eigenvalue weighted by Gasteiger charge is 2.52. The summed E-state index contributed by atoms with van der Waals surface area (Å²) in [5, 5.41) is 0. The maximum absolute atomic E-state index is 11.4. The van der Waals surface area contributed by atoms with Crippen LogP contribution in [-0.4, -0.2) is 58.3 Å². The van der Waals surface area contributed by atoms with Crippen molar-refractivity contribution in [1.82, 2.24) is 14.9 Å². The Labute approximate surface area is 149 Å². The fraction of sp³-hybridized carbons (Fsp3) is 0.706. The van der Waals surface area contributed by atoms with E-state index in [4.69, 9.17) is 14.0 Å². The van der Waals surface area contributed by atoms with Crippen molar-refractivity contribution in [3.63, 3.8) is 0 Å². The highest BCUT2D eigenvalue weighted by atomic mass is 16.7. The third-order valence-corrected chi connectivity index (χ3v) is 5.33. The SMILES string of the molecule is CC(=O)N1CCC(Oc2ncc(B3OC(C)(C)C(C)(C)O3)cn2)CC1. The van der Waals surface area contributed by atoms with Gasteiger partial charge in [0.15, 0.2) is 0 Å². The Morgan fingerprint density at radius 1 is 1.16 bits per heavy atom. The van der Waals surface area contributed by atoms with E-state index < -0.39 is 18.3 Å². The maximum Gasteiger partial charge on any atom is 0.498 e. The normalized spacial score (nSPS) is 22.9. The number of piperidine rings is 1. The fourth-order valence-corrected chi connectivity index (χ4v) is 2.93. The van der Waals surface area contributed by atoms with Gasteiger partial charge in [-0.2, -0.15) is 0 Å². The van der Waals surface area contributed by atoms with Gasteiger partial charge in [-0.25, -0.2) is 9.97 Å². The number of rotatable bonds is 3. The minimum absolute atomic E-state index is 0.0401. The lowest BCUT2D eigenvalue weighted by atomic mass is 9.81. The molecule has 3 heterocycles. The zero-order chi connectivity index (χ0) is 18.2. The predicted octanol–water partition coefficient (Wildman–Crippen LogP) is 1.17. The molecule has 3 rings (SSSR count). The number of carbonyl (C=O) groups excluding carboxylic acids is 1. The van der Waals surface area contributed by atoms with Crippen LogP contribution >= 0.6 is 0 Å². The van der Waals surface area contributed by atoms with E-state index in [9.17, 15) is 4.79 Å². The molecule has 2 aliphatic rings. The predicted molar refractivity (Wildman–Crippen MR) is 93.7 cm³/mol. The highest BCUT2D eigenvalue weighted by Crippen LogP contribution is 2.36. The number of aromatic nitrogens is 2. The van der Waals surface area contributed by atoms with E-state index in [2.05, 4.69) is 9.97 Å². The van der Waals surface area contributed by atoms with Crippen LogP contribution < -0.4 is 10.2 Å². The molecule has 2 fully saturated rings. The summed E-state index contributed by atoms with van der Waals surface area (Å²) in [6.07, 6.45) is 5.01. The molecule has 1 aromatic heterocycles. The van der Waals surface area contributed by atoms with Crippen molar-refractivity contribution in [2.75, 3.05) is 13.1 Å². The topological polar surface area (TPSA) is 73.8 Å². The Kier molecular flexibility index (Phi) is 4.77. The van der Waals surface area contributed by atoms with Crippen LogP contribution in [0.25, 0.3) is 0 Å². The molecule has 7 nitrogen and oxygen atoms in total. The van der Waals surface area contributed by atoms with Crippen LogP contribution in [0.1, 0.15) is 47.5 Å². The lowest BCUT2D eigenvalue weighted by molar-refractivity contribution is -0.130. The van der Waals surface area contributed by atoms with Gasteiger partial charge in [-0.1, -0.05) is 0 Å². The Bertz CT molecular complexity index is 611. The highest BCUT2D eigenvalue weighted by molar-refractivity contribution is 6.61. The molecule has 25 heavy (non-hydrogen) atoms. The molecule has 0 aliphatic carbocycles. The first-order valence-electron chi connectivity index (χ1n) is 8.78. The number of carbonyl (C=O) groups is 1. The third kappa shape index (κ3) is 3.79. The second-order valence-corrected chi connectivity index (χ2v) is 7.71. The zero-order valence-corrected chi connectivity index (χ0v) is 15.6. The van der Waals surface area contributed by atoms with Gasteiger partial charge >= 0.3 is 13.1 Å². The van der Waals surface area contributed by atoms with Crippen LogP contribution in [-0.2, 0) is 14.1 Å². The summed E-state index contributed by atoms with van der Waals surface area (Å²) in [5.74, 6) is 0.112. The molecule has 0 atom stereocenters. The van der Waals surface area contributed by atoms with Crippen LogP contribution in [0.5, 0.6) is 6.01 Å². The molecule has 0 spiro atoms. The fourth-order valence-electron chi connectivity index (χ4n) is 2.93. The first-order valence-corrected chi connectivity index (χ1v) is 8.78. The van der Waals surface area contributed by atoms with Crippen LogP contribution in [0.3, 0.4) is 0 Å². The van der Waals surface area contributed by atoms with E-state index in [1.165, 1.54) is 0 Å². The van der Waals surface area contributed by atoms with Gasteiger partial charge in [-0.15, -0.1) is 0 Å².